The van der Waals surface area contributed by atoms with E-state index in [-0.39, 0.29) is 17.0 Å². The smallest absolute Gasteiger partial charge is 0.324 e. The van der Waals surface area contributed by atoms with Crippen LogP contribution in [0.4, 0.5) is 4.39 Å². The number of halogens is 1. The third-order valence-electron chi connectivity index (χ3n) is 4.42. The number of thioether (sulfide) groups is 1. The van der Waals surface area contributed by atoms with Gasteiger partial charge in [-0.15, -0.1) is 23.4 Å². The number of allylic oxidation sites excluding steroid dienone is 1. The molecule has 0 bridgehead atoms. The molecule has 0 saturated carbocycles. The van der Waals surface area contributed by atoms with Crippen molar-refractivity contribution >= 4 is 29.9 Å². The minimum Gasteiger partial charge on any atom is -0.468 e. The van der Waals surface area contributed by atoms with Crippen LogP contribution in [0.2, 0.25) is 0 Å². The molecule has 1 N–H and O–H groups in total. The van der Waals surface area contributed by atoms with E-state index in [9.17, 15) is 9.18 Å². The molecule has 3 rings (SSSR count). The highest BCUT2D eigenvalue weighted by atomic mass is 32.2. The second-order valence-corrected chi connectivity index (χ2v) is 7.93. The number of quaternary nitrogens is 1. The number of nitrogens with one attached hydrogen (secondary N) is 1. The molecule has 0 radical (unpaired) electrons. The van der Waals surface area contributed by atoms with Gasteiger partial charge >= 0.3 is 5.97 Å². The summed E-state index contributed by atoms with van der Waals surface area (Å²) in [4.78, 5) is 13.1. The van der Waals surface area contributed by atoms with Crippen molar-refractivity contribution in [3.05, 3.63) is 47.5 Å². The van der Waals surface area contributed by atoms with Crippen molar-refractivity contribution in [2.45, 2.75) is 18.5 Å². The van der Waals surface area contributed by atoms with Gasteiger partial charge in [-0.2, -0.15) is 4.68 Å². The molecule has 1 aliphatic heterocycles. The van der Waals surface area contributed by atoms with E-state index in [1.165, 1.54) is 24.1 Å². The van der Waals surface area contributed by atoms with Crippen molar-refractivity contribution in [1.29, 1.82) is 0 Å². The molecule has 9 heteroatoms. The summed E-state index contributed by atoms with van der Waals surface area (Å²) in [6.07, 6.45) is 1.76. The highest BCUT2D eigenvalue weighted by Crippen LogP contribution is 2.19. The maximum atomic E-state index is 13.3. The number of carbonyl (C=O) groups is 1. The van der Waals surface area contributed by atoms with Gasteiger partial charge in [0.25, 0.3) is 0 Å². The molecule has 0 spiro atoms. The molecule has 1 unspecified atom stereocenters. The van der Waals surface area contributed by atoms with Crippen LogP contribution in [0.25, 0.3) is 11.4 Å². The van der Waals surface area contributed by atoms with Crippen LogP contribution in [-0.2, 0) is 22.7 Å². The van der Waals surface area contributed by atoms with E-state index in [4.69, 9.17) is 17.0 Å². The van der Waals surface area contributed by atoms with E-state index in [1.54, 1.807) is 34.7 Å². The lowest BCUT2D eigenvalue weighted by Gasteiger charge is -2.27. The number of rotatable bonds is 6. The average Bonchev–Trinajstić information content (AvgIpc) is 2.98. The lowest BCUT2D eigenvalue weighted by molar-refractivity contribution is -0.921. The Hall–Kier alpha value is -1.97. The quantitative estimate of drug-likeness (QED) is 0.446. The minimum atomic E-state index is -0.295. The van der Waals surface area contributed by atoms with Gasteiger partial charge in [-0.3, -0.25) is 9.36 Å². The molecule has 1 aromatic carbocycles. The van der Waals surface area contributed by atoms with Crippen molar-refractivity contribution in [1.82, 2.24) is 14.3 Å². The third-order valence-corrected chi connectivity index (χ3v) is 6.06. The van der Waals surface area contributed by atoms with Crippen molar-refractivity contribution in [3.8, 4) is 11.4 Å². The molecule has 2 atom stereocenters. The van der Waals surface area contributed by atoms with Crippen LogP contribution in [0, 0.1) is 10.6 Å². The zero-order valence-electron chi connectivity index (χ0n) is 15.1. The Bertz CT molecular complexity index is 878. The van der Waals surface area contributed by atoms with E-state index in [0.717, 1.165) is 17.9 Å². The first kappa shape index (κ1) is 19.8. The fraction of sp³-hybridized carbons (Fsp3) is 0.389. The second kappa shape index (κ2) is 8.81. The Morgan fingerprint density at radius 2 is 2.26 bits per heavy atom. The lowest BCUT2D eigenvalue weighted by Crippen LogP contribution is -3.14. The summed E-state index contributed by atoms with van der Waals surface area (Å²) in [5, 5.41) is 4.51. The normalized spacial score (nSPS) is 19.6. The predicted octanol–water partition coefficient (Wildman–Crippen LogP) is 1.54. The Balaban J connectivity index is 1.86. The predicted molar refractivity (Wildman–Crippen MR) is 106 cm³/mol. The van der Waals surface area contributed by atoms with Crippen molar-refractivity contribution in [3.63, 3.8) is 0 Å². The van der Waals surface area contributed by atoms with Gasteiger partial charge in [-0.05, 0) is 36.5 Å². The van der Waals surface area contributed by atoms with Gasteiger partial charge < -0.3 is 9.64 Å². The van der Waals surface area contributed by atoms with Crippen molar-refractivity contribution in [2.24, 2.45) is 0 Å². The van der Waals surface area contributed by atoms with Crippen molar-refractivity contribution < 1.29 is 18.8 Å². The largest absolute Gasteiger partial charge is 0.468 e. The number of ether oxygens (including phenoxy) is 1. The Kier molecular flexibility index (Phi) is 6.46. The Morgan fingerprint density at radius 1 is 1.52 bits per heavy atom. The molecule has 1 aliphatic rings. The van der Waals surface area contributed by atoms with Crippen LogP contribution < -0.4 is 4.90 Å². The summed E-state index contributed by atoms with van der Waals surface area (Å²) in [6.45, 7) is 6.45. The first-order valence-electron chi connectivity index (χ1n) is 8.61. The number of benzene rings is 1. The lowest BCUT2D eigenvalue weighted by atomic mass is 10.2. The van der Waals surface area contributed by atoms with Gasteiger partial charge in [0.05, 0.1) is 13.7 Å². The van der Waals surface area contributed by atoms with Crippen LogP contribution in [0.1, 0.15) is 0 Å². The van der Waals surface area contributed by atoms with E-state index < -0.39 is 0 Å². The minimum absolute atomic E-state index is 0.167. The fourth-order valence-corrected chi connectivity index (χ4v) is 4.60. The first-order chi connectivity index (χ1) is 13.0. The summed E-state index contributed by atoms with van der Waals surface area (Å²) in [5.74, 6) is 1.07. The zero-order valence-corrected chi connectivity index (χ0v) is 16.7. The summed E-state index contributed by atoms with van der Waals surface area (Å²) in [6, 6.07) is 6.19. The van der Waals surface area contributed by atoms with Crippen molar-refractivity contribution in [2.75, 3.05) is 26.0 Å². The van der Waals surface area contributed by atoms with Gasteiger partial charge in [0.1, 0.15) is 12.4 Å². The summed E-state index contributed by atoms with van der Waals surface area (Å²) in [5.41, 5.74) is 0.791. The van der Waals surface area contributed by atoms with Crippen LogP contribution in [0.15, 0.2) is 36.9 Å². The van der Waals surface area contributed by atoms with E-state index in [1.807, 2.05) is 4.57 Å². The molecule has 1 saturated heterocycles. The third kappa shape index (κ3) is 4.48. The van der Waals surface area contributed by atoms with Gasteiger partial charge in [-0.1, -0.05) is 6.08 Å². The monoisotopic (exact) mass is 409 g/mol. The van der Waals surface area contributed by atoms with E-state index in [0.29, 0.717) is 30.4 Å². The molecule has 2 aromatic rings. The summed E-state index contributed by atoms with van der Waals surface area (Å²) >= 11 is 7.23. The van der Waals surface area contributed by atoms with Gasteiger partial charge in [0.2, 0.25) is 4.77 Å². The highest BCUT2D eigenvalue weighted by Gasteiger charge is 2.30. The highest BCUT2D eigenvalue weighted by molar-refractivity contribution is 8.00. The maximum absolute atomic E-state index is 13.3. The van der Waals surface area contributed by atoms with E-state index in [2.05, 4.69) is 11.7 Å². The first-order valence-corrected chi connectivity index (χ1v) is 10.1. The van der Waals surface area contributed by atoms with Crippen LogP contribution in [-0.4, -0.2) is 51.5 Å². The number of aromatic nitrogens is 3. The molecule has 0 aliphatic carbocycles. The molecule has 27 heavy (non-hydrogen) atoms. The maximum Gasteiger partial charge on any atom is 0.324 e. The topological polar surface area (TPSA) is 53.5 Å². The molecular weight excluding hydrogens is 387 g/mol. The van der Waals surface area contributed by atoms with Crippen LogP contribution in [0.5, 0.6) is 0 Å². The number of hydrogen-bond acceptors (Lipinski definition) is 5. The van der Waals surface area contributed by atoms with Gasteiger partial charge in [-0.25, -0.2) is 4.39 Å². The molecular formula is C18H22FN4O2S2+. The standard InChI is InChI=1S/C18H21FN4O2S2/c1-3-8-22-16(13-4-6-14(19)7-5-13)20-23(18(22)26)12-21-9-10-27-15(11-21)17(24)25-2/h3-7,15H,1,8-12H2,2H3/p+1/t15-/m1/s1. The van der Waals surface area contributed by atoms with Crippen LogP contribution in [0.3, 0.4) is 0 Å². The molecule has 6 nitrogen and oxygen atoms in total. The summed E-state index contributed by atoms with van der Waals surface area (Å²) < 4.78 is 22.4. The molecule has 144 valence electrons. The second-order valence-electron chi connectivity index (χ2n) is 6.26. The SMILES string of the molecule is C=CCn1c(-c2ccc(F)cc2)nn(C[NH+]2CCS[C@@H](C(=O)OC)C2)c1=S. The Labute approximate surface area is 166 Å². The van der Waals surface area contributed by atoms with Crippen LogP contribution >= 0.6 is 24.0 Å². The average molecular weight is 410 g/mol. The molecule has 1 fully saturated rings. The number of hydrogen-bond donors (Lipinski definition) is 1. The number of carbonyl (C=O) groups excluding carboxylic acids is 1. The number of esters is 1. The Morgan fingerprint density at radius 3 is 2.93 bits per heavy atom. The van der Waals surface area contributed by atoms with E-state index >= 15 is 0 Å². The summed E-state index contributed by atoms with van der Waals surface area (Å²) in [7, 11) is 1.42. The molecule has 1 aromatic heterocycles. The molecule has 2 heterocycles. The van der Waals surface area contributed by atoms with Gasteiger partial charge in [0, 0.05) is 17.9 Å². The van der Waals surface area contributed by atoms with Gasteiger partial charge in [0.15, 0.2) is 17.7 Å². The zero-order chi connectivity index (χ0) is 19.4. The molecule has 0 amide bonds. The fourth-order valence-electron chi connectivity index (χ4n) is 3.06. The number of nitrogens with zero attached hydrogens (tertiary/aromatic N) is 3. The number of methoxy groups -OCH3 is 1.